The van der Waals surface area contributed by atoms with Gasteiger partial charge in [0.25, 0.3) is 0 Å². The smallest absolute Gasteiger partial charge is 0.191 e. The highest BCUT2D eigenvalue weighted by Gasteiger charge is 2.35. The molecule has 3 rings (SSSR count). The van der Waals surface area contributed by atoms with Crippen molar-refractivity contribution in [2.24, 2.45) is 11.7 Å². The molecule has 0 spiro atoms. The lowest BCUT2D eigenvalue weighted by Crippen LogP contribution is -2.41. The summed E-state index contributed by atoms with van der Waals surface area (Å²) >= 11 is 1.65. The standard InChI is InChI=1S/C14H20N4S/c1-2-10-5-7-14(15,8-6-10)13-16-12(17-18-13)11-4-3-9-19-11/h3-4,9-10H,2,5-8,15H2,1H3,(H,16,17,18). The minimum absolute atomic E-state index is 0.311. The van der Waals surface area contributed by atoms with E-state index in [9.17, 15) is 0 Å². The van der Waals surface area contributed by atoms with E-state index < -0.39 is 0 Å². The molecule has 0 atom stereocenters. The molecule has 0 bridgehead atoms. The molecule has 1 aliphatic carbocycles. The molecule has 0 unspecified atom stereocenters. The zero-order valence-electron chi connectivity index (χ0n) is 11.2. The summed E-state index contributed by atoms with van der Waals surface area (Å²) in [6, 6.07) is 4.05. The van der Waals surface area contributed by atoms with Gasteiger partial charge in [0.15, 0.2) is 5.82 Å². The van der Waals surface area contributed by atoms with E-state index in [0.29, 0.717) is 0 Å². The Morgan fingerprint density at radius 2 is 2.26 bits per heavy atom. The van der Waals surface area contributed by atoms with Crippen LogP contribution in [0.25, 0.3) is 10.7 Å². The van der Waals surface area contributed by atoms with Crippen LogP contribution in [0.1, 0.15) is 44.9 Å². The third-order valence-electron chi connectivity index (χ3n) is 4.27. The number of H-pyrrole nitrogens is 1. The molecule has 0 saturated heterocycles. The third-order valence-corrected chi connectivity index (χ3v) is 5.14. The molecule has 19 heavy (non-hydrogen) atoms. The second-order valence-electron chi connectivity index (χ2n) is 5.49. The molecule has 2 heterocycles. The maximum Gasteiger partial charge on any atom is 0.191 e. The van der Waals surface area contributed by atoms with E-state index in [1.807, 2.05) is 17.5 Å². The fourth-order valence-electron chi connectivity index (χ4n) is 2.84. The first-order valence-corrected chi connectivity index (χ1v) is 7.85. The minimum atomic E-state index is -0.311. The van der Waals surface area contributed by atoms with Crippen LogP contribution >= 0.6 is 11.3 Å². The lowest BCUT2D eigenvalue weighted by molar-refractivity contribution is 0.222. The number of aromatic amines is 1. The highest BCUT2D eigenvalue weighted by atomic mass is 32.1. The van der Waals surface area contributed by atoms with Crippen LogP contribution in [0.15, 0.2) is 17.5 Å². The Morgan fingerprint density at radius 3 is 2.89 bits per heavy atom. The average molecular weight is 276 g/mol. The number of nitrogens with zero attached hydrogens (tertiary/aromatic N) is 2. The van der Waals surface area contributed by atoms with E-state index >= 15 is 0 Å². The molecule has 1 saturated carbocycles. The Hall–Kier alpha value is -1.20. The van der Waals surface area contributed by atoms with Crippen LogP contribution in [0.4, 0.5) is 0 Å². The number of hydrogen-bond donors (Lipinski definition) is 2. The van der Waals surface area contributed by atoms with Crippen molar-refractivity contribution < 1.29 is 0 Å². The van der Waals surface area contributed by atoms with Crippen LogP contribution in [0.3, 0.4) is 0 Å². The first-order valence-electron chi connectivity index (χ1n) is 6.97. The van der Waals surface area contributed by atoms with Gasteiger partial charge in [-0.25, -0.2) is 4.98 Å². The maximum absolute atomic E-state index is 6.53. The normalized spacial score (nSPS) is 27.6. The van der Waals surface area contributed by atoms with Crippen LogP contribution in [0, 0.1) is 5.92 Å². The van der Waals surface area contributed by atoms with Gasteiger partial charge in [0.05, 0.1) is 10.4 Å². The molecule has 0 amide bonds. The Bertz CT molecular complexity index is 523. The van der Waals surface area contributed by atoms with Crippen molar-refractivity contribution in [1.82, 2.24) is 15.2 Å². The highest BCUT2D eigenvalue weighted by Crippen LogP contribution is 2.37. The van der Waals surface area contributed by atoms with Crippen LogP contribution in [-0.4, -0.2) is 15.2 Å². The average Bonchev–Trinajstić information content (AvgIpc) is 3.10. The molecular weight excluding hydrogens is 256 g/mol. The summed E-state index contributed by atoms with van der Waals surface area (Å²) in [5.74, 6) is 2.45. The number of aromatic nitrogens is 3. The molecular formula is C14H20N4S. The molecule has 3 N–H and O–H groups in total. The number of hydrogen-bond acceptors (Lipinski definition) is 4. The SMILES string of the molecule is CCC1CCC(N)(c2nc(-c3cccs3)n[nH]2)CC1. The van der Waals surface area contributed by atoms with Gasteiger partial charge in [-0.2, -0.15) is 5.10 Å². The van der Waals surface area contributed by atoms with Gasteiger partial charge in [0.2, 0.25) is 0 Å². The quantitative estimate of drug-likeness (QED) is 0.904. The van der Waals surface area contributed by atoms with E-state index in [4.69, 9.17) is 5.73 Å². The van der Waals surface area contributed by atoms with Crippen molar-refractivity contribution in [3.05, 3.63) is 23.3 Å². The number of nitrogens with one attached hydrogen (secondary N) is 1. The Labute approximate surface area is 117 Å². The highest BCUT2D eigenvalue weighted by molar-refractivity contribution is 7.13. The van der Waals surface area contributed by atoms with Crippen molar-refractivity contribution in [2.45, 2.75) is 44.6 Å². The summed E-state index contributed by atoms with van der Waals surface area (Å²) in [4.78, 5) is 5.71. The lowest BCUT2D eigenvalue weighted by atomic mass is 9.76. The summed E-state index contributed by atoms with van der Waals surface area (Å²) in [5.41, 5.74) is 6.22. The van der Waals surface area contributed by atoms with Crippen molar-refractivity contribution in [1.29, 1.82) is 0 Å². The summed E-state index contributed by atoms with van der Waals surface area (Å²) in [6.45, 7) is 2.26. The van der Waals surface area contributed by atoms with Crippen LogP contribution in [0.5, 0.6) is 0 Å². The summed E-state index contributed by atoms with van der Waals surface area (Å²) < 4.78 is 0. The topological polar surface area (TPSA) is 67.6 Å². The largest absolute Gasteiger partial charge is 0.319 e. The van der Waals surface area contributed by atoms with E-state index in [2.05, 4.69) is 22.1 Å². The van der Waals surface area contributed by atoms with Gasteiger partial charge in [0, 0.05) is 0 Å². The van der Waals surface area contributed by atoms with E-state index in [-0.39, 0.29) is 5.54 Å². The maximum atomic E-state index is 6.53. The summed E-state index contributed by atoms with van der Waals surface area (Å²) in [6.07, 6.45) is 5.66. The van der Waals surface area contributed by atoms with Gasteiger partial charge < -0.3 is 5.73 Å². The van der Waals surface area contributed by atoms with E-state index in [1.165, 1.54) is 19.3 Å². The first kappa shape index (κ1) is 12.8. The summed E-state index contributed by atoms with van der Waals surface area (Å²) in [5, 5.41) is 9.41. The zero-order valence-corrected chi connectivity index (χ0v) is 12.0. The molecule has 2 aromatic heterocycles. The fraction of sp³-hybridized carbons (Fsp3) is 0.571. The van der Waals surface area contributed by atoms with E-state index in [1.54, 1.807) is 11.3 Å². The lowest BCUT2D eigenvalue weighted by Gasteiger charge is -2.35. The second-order valence-corrected chi connectivity index (χ2v) is 6.44. The number of rotatable bonds is 3. The summed E-state index contributed by atoms with van der Waals surface area (Å²) in [7, 11) is 0. The van der Waals surface area contributed by atoms with Crippen LogP contribution < -0.4 is 5.73 Å². The second kappa shape index (κ2) is 5.06. The molecule has 0 radical (unpaired) electrons. The van der Waals surface area contributed by atoms with Crippen molar-refractivity contribution in [3.63, 3.8) is 0 Å². The predicted molar refractivity (Wildman–Crippen MR) is 77.8 cm³/mol. The predicted octanol–water partition coefficient (Wildman–Crippen LogP) is 3.29. The Morgan fingerprint density at radius 1 is 1.47 bits per heavy atom. The molecule has 1 aliphatic rings. The first-order chi connectivity index (χ1) is 9.21. The molecule has 0 aliphatic heterocycles. The van der Waals surface area contributed by atoms with Gasteiger partial charge in [-0.1, -0.05) is 19.4 Å². The number of nitrogens with two attached hydrogens (primary N) is 1. The fourth-order valence-corrected chi connectivity index (χ4v) is 3.50. The van der Waals surface area contributed by atoms with Gasteiger partial charge in [-0.15, -0.1) is 11.3 Å². The molecule has 5 heteroatoms. The van der Waals surface area contributed by atoms with Crippen molar-refractivity contribution >= 4 is 11.3 Å². The van der Waals surface area contributed by atoms with Crippen molar-refractivity contribution in [3.8, 4) is 10.7 Å². The van der Waals surface area contributed by atoms with Gasteiger partial charge >= 0.3 is 0 Å². The zero-order chi connectivity index (χ0) is 13.3. The number of thiophene rings is 1. The molecule has 1 fully saturated rings. The third kappa shape index (κ3) is 2.44. The Kier molecular flexibility index (Phi) is 3.41. The van der Waals surface area contributed by atoms with E-state index in [0.717, 1.165) is 35.3 Å². The van der Waals surface area contributed by atoms with Crippen LogP contribution in [-0.2, 0) is 5.54 Å². The van der Waals surface area contributed by atoms with Gasteiger partial charge in [-0.3, -0.25) is 5.10 Å². The molecule has 4 nitrogen and oxygen atoms in total. The van der Waals surface area contributed by atoms with Crippen molar-refractivity contribution in [2.75, 3.05) is 0 Å². The Balaban J connectivity index is 1.79. The monoisotopic (exact) mass is 276 g/mol. The van der Waals surface area contributed by atoms with Gasteiger partial charge in [-0.05, 0) is 43.0 Å². The molecule has 0 aromatic carbocycles. The van der Waals surface area contributed by atoms with Gasteiger partial charge in [0.1, 0.15) is 5.82 Å². The minimum Gasteiger partial charge on any atom is -0.319 e. The van der Waals surface area contributed by atoms with Crippen LogP contribution in [0.2, 0.25) is 0 Å². The molecule has 2 aromatic rings. The molecule has 102 valence electrons.